The van der Waals surface area contributed by atoms with Gasteiger partial charge in [-0.15, -0.1) is 0 Å². The number of nitrogens with one attached hydrogen (secondary N) is 2. The Labute approximate surface area is 138 Å². The molecule has 0 bridgehead atoms. The zero-order valence-corrected chi connectivity index (χ0v) is 12.8. The van der Waals surface area contributed by atoms with E-state index in [0.29, 0.717) is 5.71 Å². The third-order valence-corrected chi connectivity index (χ3v) is 3.41. The number of pyridine rings is 1. The maximum Gasteiger partial charge on any atom is 0.404 e. The van der Waals surface area contributed by atoms with E-state index in [1.807, 2.05) is 42.6 Å². The van der Waals surface area contributed by atoms with Crippen LogP contribution in [0, 0.1) is 0 Å². The van der Waals surface area contributed by atoms with Crippen molar-refractivity contribution in [3.8, 4) is 0 Å². The van der Waals surface area contributed by atoms with Crippen molar-refractivity contribution in [2.45, 2.75) is 0 Å². The first-order valence-electron chi connectivity index (χ1n) is 7.39. The standard InChI is InChI=1S/C17H16N4O3/c22-17(23)19-8-9-24-21-16(12-4-2-1-3-5-12)14-10-20-15-11-18-7-6-13(14)15/h1-7,10-11,19-20H,8-9H2,(H,22,23)/b21-16+. The molecule has 0 saturated heterocycles. The Morgan fingerprint density at radius 3 is 2.92 bits per heavy atom. The van der Waals surface area contributed by atoms with Crippen molar-refractivity contribution in [3.63, 3.8) is 0 Å². The normalized spacial score (nSPS) is 11.4. The Balaban J connectivity index is 1.89. The number of fused-ring (bicyclic) bond motifs is 1. The molecule has 0 radical (unpaired) electrons. The van der Waals surface area contributed by atoms with Gasteiger partial charge in [0.2, 0.25) is 0 Å². The van der Waals surface area contributed by atoms with E-state index in [1.54, 1.807) is 12.4 Å². The minimum absolute atomic E-state index is 0.145. The molecule has 0 aliphatic heterocycles. The fourth-order valence-electron chi connectivity index (χ4n) is 2.34. The summed E-state index contributed by atoms with van der Waals surface area (Å²) in [4.78, 5) is 23.0. The highest BCUT2D eigenvalue weighted by Gasteiger charge is 2.13. The second kappa shape index (κ2) is 7.28. The fraction of sp³-hybridized carbons (Fsp3) is 0.118. The monoisotopic (exact) mass is 324 g/mol. The molecule has 2 aromatic heterocycles. The lowest BCUT2D eigenvalue weighted by Crippen LogP contribution is -2.24. The number of carbonyl (C=O) groups is 1. The topological polar surface area (TPSA) is 99.6 Å². The minimum Gasteiger partial charge on any atom is -0.465 e. The first-order chi connectivity index (χ1) is 11.8. The molecule has 2 heterocycles. The molecule has 3 aromatic rings. The second-order valence-corrected chi connectivity index (χ2v) is 4.99. The van der Waals surface area contributed by atoms with Gasteiger partial charge in [-0.3, -0.25) is 4.98 Å². The molecule has 3 N–H and O–H groups in total. The number of carboxylic acid groups (broad SMARTS) is 1. The number of benzene rings is 1. The van der Waals surface area contributed by atoms with E-state index in [1.165, 1.54) is 0 Å². The number of aromatic amines is 1. The summed E-state index contributed by atoms with van der Waals surface area (Å²) < 4.78 is 0. The summed E-state index contributed by atoms with van der Waals surface area (Å²) in [5, 5.41) is 16.0. The molecule has 1 amide bonds. The van der Waals surface area contributed by atoms with Crippen LogP contribution in [-0.4, -0.2) is 40.0 Å². The van der Waals surface area contributed by atoms with Crippen LogP contribution in [0.15, 0.2) is 60.1 Å². The van der Waals surface area contributed by atoms with E-state index in [4.69, 9.17) is 9.94 Å². The molecular weight excluding hydrogens is 308 g/mol. The lowest BCUT2D eigenvalue weighted by molar-refractivity contribution is 0.141. The fourth-order valence-corrected chi connectivity index (χ4v) is 2.34. The Morgan fingerprint density at radius 1 is 1.29 bits per heavy atom. The quantitative estimate of drug-likeness (QED) is 0.368. The first kappa shape index (κ1) is 15.5. The molecule has 24 heavy (non-hydrogen) atoms. The van der Waals surface area contributed by atoms with Crippen LogP contribution < -0.4 is 5.32 Å². The van der Waals surface area contributed by atoms with E-state index >= 15 is 0 Å². The molecule has 0 unspecified atom stereocenters. The third kappa shape index (κ3) is 3.52. The van der Waals surface area contributed by atoms with Crippen molar-refractivity contribution in [2.75, 3.05) is 13.2 Å². The predicted octanol–water partition coefficient (Wildman–Crippen LogP) is 2.60. The van der Waals surface area contributed by atoms with E-state index in [2.05, 4.69) is 20.4 Å². The van der Waals surface area contributed by atoms with Crippen molar-refractivity contribution in [1.82, 2.24) is 15.3 Å². The maximum absolute atomic E-state index is 10.4. The summed E-state index contributed by atoms with van der Waals surface area (Å²) in [5.74, 6) is 0. The van der Waals surface area contributed by atoms with Crippen LogP contribution in [0.2, 0.25) is 0 Å². The number of hydrogen-bond acceptors (Lipinski definition) is 4. The largest absolute Gasteiger partial charge is 0.465 e. The molecule has 3 rings (SSSR count). The van der Waals surface area contributed by atoms with Crippen molar-refractivity contribution >= 4 is 22.7 Å². The summed E-state index contributed by atoms with van der Waals surface area (Å²) >= 11 is 0. The number of oxime groups is 1. The summed E-state index contributed by atoms with van der Waals surface area (Å²) in [6.45, 7) is 0.311. The molecule has 0 spiro atoms. The average Bonchev–Trinajstić information content (AvgIpc) is 3.02. The van der Waals surface area contributed by atoms with Crippen molar-refractivity contribution in [3.05, 3.63) is 66.1 Å². The number of H-pyrrole nitrogens is 1. The summed E-state index contributed by atoms with van der Waals surface area (Å²) in [6.07, 6.45) is 4.24. The van der Waals surface area contributed by atoms with Gasteiger partial charge >= 0.3 is 6.09 Å². The van der Waals surface area contributed by atoms with Crippen molar-refractivity contribution < 1.29 is 14.7 Å². The molecule has 0 aliphatic rings. The maximum atomic E-state index is 10.4. The number of hydrogen-bond donors (Lipinski definition) is 3. The molecular formula is C17H16N4O3. The van der Waals surface area contributed by atoms with E-state index in [9.17, 15) is 4.79 Å². The summed E-state index contributed by atoms with van der Waals surface area (Å²) in [5.41, 5.74) is 3.37. The van der Waals surface area contributed by atoms with Gasteiger partial charge in [-0.25, -0.2) is 4.79 Å². The first-order valence-corrected chi connectivity index (χ1v) is 7.39. The van der Waals surface area contributed by atoms with Gasteiger partial charge in [0, 0.05) is 28.9 Å². The van der Waals surface area contributed by atoms with Crippen molar-refractivity contribution in [2.24, 2.45) is 5.16 Å². The van der Waals surface area contributed by atoms with Gasteiger partial charge in [0.15, 0.2) is 0 Å². The van der Waals surface area contributed by atoms with Gasteiger partial charge in [0.05, 0.1) is 18.3 Å². The van der Waals surface area contributed by atoms with Crippen molar-refractivity contribution in [1.29, 1.82) is 0 Å². The smallest absolute Gasteiger partial charge is 0.404 e. The third-order valence-electron chi connectivity index (χ3n) is 3.41. The molecule has 7 heteroatoms. The second-order valence-electron chi connectivity index (χ2n) is 4.99. The predicted molar refractivity (Wildman–Crippen MR) is 90.2 cm³/mol. The van der Waals surface area contributed by atoms with Crippen LogP contribution in [0.4, 0.5) is 4.79 Å². The Morgan fingerprint density at radius 2 is 2.12 bits per heavy atom. The molecule has 7 nitrogen and oxygen atoms in total. The Kier molecular flexibility index (Phi) is 4.71. The van der Waals surface area contributed by atoms with Crippen LogP contribution in [0.5, 0.6) is 0 Å². The van der Waals surface area contributed by atoms with E-state index in [-0.39, 0.29) is 13.2 Å². The number of aromatic nitrogens is 2. The van der Waals surface area contributed by atoms with Gasteiger partial charge in [-0.05, 0) is 6.07 Å². The highest BCUT2D eigenvalue weighted by Crippen LogP contribution is 2.21. The zero-order chi connectivity index (χ0) is 16.8. The van der Waals surface area contributed by atoms with Gasteiger partial charge in [0.25, 0.3) is 0 Å². The van der Waals surface area contributed by atoms with Gasteiger partial charge < -0.3 is 20.2 Å². The lowest BCUT2D eigenvalue weighted by atomic mass is 10.0. The molecule has 0 atom stereocenters. The highest BCUT2D eigenvalue weighted by molar-refractivity contribution is 6.19. The summed E-state index contributed by atoms with van der Waals surface area (Å²) in [6, 6.07) is 11.6. The number of amides is 1. The minimum atomic E-state index is -1.09. The van der Waals surface area contributed by atoms with Gasteiger partial charge in [-0.2, -0.15) is 0 Å². The van der Waals surface area contributed by atoms with Crippen LogP contribution in [-0.2, 0) is 4.84 Å². The van der Waals surface area contributed by atoms with Gasteiger partial charge in [-0.1, -0.05) is 35.5 Å². The SMILES string of the molecule is O=C(O)NCCO/N=C(\c1ccccc1)c1c[nH]c2cnccc12. The highest BCUT2D eigenvalue weighted by atomic mass is 16.6. The number of nitrogens with zero attached hydrogens (tertiary/aromatic N) is 2. The molecule has 0 fully saturated rings. The average molecular weight is 324 g/mol. The van der Waals surface area contributed by atoms with Crippen LogP contribution in [0.25, 0.3) is 10.9 Å². The van der Waals surface area contributed by atoms with Gasteiger partial charge in [0.1, 0.15) is 12.3 Å². The molecule has 122 valence electrons. The van der Waals surface area contributed by atoms with Crippen LogP contribution in [0.1, 0.15) is 11.1 Å². The molecule has 0 aliphatic carbocycles. The van der Waals surface area contributed by atoms with Crippen LogP contribution >= 0.6 is 0 Å². The lowest BCUT2D eigenvalue weighted by Gasteiger charge is -2.07. The Bertz CT molecular complexity index is 858. The summed E-state index contributed by atoms with van der Waals surface area (Å²) in [7, 11) is 0. The van der Waals surface area contributed by atoms with E-state index < -0.39 is 6.09 Å². The van der Waals surface area contributed by atoms with E-state index in [0.717, 1.165) is 22.0 Å². The molecule has 0 saturated carbocycles. The van der Waals surface area contributed by atoms with Crippen LogP contribution in [0.3, 0.4) is 0 Å². The zero-order valence-electron chi connectivity index (χ0n) is 12.8. The molecule has 1 aromatic carbocycles. The number of rotatable bonds is 6. The Hall–Kier alpha value is -3.35.